The molecular formula is C18H19N5O2. The van der Waals surface area contributed by atoms with Crippen LogP contribution in [0.15, 0.2) is 42.7 Å². The molecule has 25 heavy (non-hydrogen) atoms. The number of rotatable bonds is 4. The normalized spacial score (nSPS) is 18.5. The Morgan fingerprint density at radius 2 is 2.12 bits per heavy atom. The van der Waals surface area contributed by atoms with E-state index in [1.165, 1.54) is 5.56 Å². The monoisotopic (exact) mass is 337 g/mol. The number of fused-ring (bicyclic) bond motifs is 1. The molecule has 1 saturated heterocycles. The van der Waals surface area contributed by atoms with Gasteiger partial charge in [-0.05, 0) is 49.1 Å². The topological polar surface area (TPSA) is 83.6 Å². The molecule has 3 heterocycles. The average molecular weight is 337 g/mol. The zero-order chi connectivity index (χ0) is 17.2. The van der Waals surface area contributed by atoms with Gasteiger partial charge in [-0.2, -0.15) is 4.98 Å². The van der Waals surface area contributed by atoms with Crippen molar-refractivity contribution in [3.63, 3.8) is 0 Å². The Labute approximate surface area is 144 Å². The van der Waals surface area contributed by atoms with Gasteiger partial charge in [0, 0.05) is 18.9 Å². The van der Waals surface area contributed by atoms with Gasteiger partial charge >= 0.3 is 5.97 Å². The zero-order valence-corrected chi connectivity index (χ0v) is 13.7. The molecule has 2 aromatic heterocycles. The Morgan fingerprint density at radius 3 is 2.88 bits per heavy atom. The molecule has 3 aromatic rings. The summed E-state index contributed by atoms with van der Waals surface area (Å²) in [6.45, 7) is 2.65. The molecule has 4 rings (SSSR count). The average Bonchev–Trinajstić information content (AvgIpc) is 3.04. The van der Waals surface area contributed by atoms with Gasteiger partial charge in [0.2, 0.25) is 0 Å². The second kappa shape index (κ2) is 6.60. The number of hydrogen-bond acceptors (Lipinski definition) is 5. The summed E-state index contributed by atoms with van der Waals surface area (Å²) in [4.78, 5) is 22.0. The fourth-order valence-corrected chi connectivity index (χ4v) is 3.41. The van der Waals surface area contributed by atoms with Crippen LogP contribution in [0.4, 0.5) is 0 Å². The van der Waals surface area contributed by atoms with Crippen LogP contribution in [0.5, 0.6) is 0 Å². The summed E-state index contributed by atoms with van der Waals surface area (Å²) in [5.41, 5.74) is 1.53. The minimum Gasteiger partial charge on any atom is -0.478 e. The van der Waals surface area contributed by atoms with Crippen molar-refractivity contribution in [3.05, 3.63) is 59.7 Å². The van der Waals surface area contributed by atoms with Gasteiger partial charge in [-0.15, -0.1) is 5.10 Å². The van der Waals surface area contributed by atoms with E-state index in [0.29, 0.717) is 23.8 Å². The highest BCUT2D eigenvalue weighted by molar-refractivity contribution is 5.87. The highest BCUT2D eigenvalue weighted by atomic mass is 16.4. The van der Waals surface area contributed by atoms with E-state index in [9.17, 15) is 4.79 Å². The highest BCUT2D eigenvalue weighted by Gasteiger charge is 2.22. The number of carboxylic acid groups (broad SMARTS) is 1. The first-order chi connectivity index (χ1) is 12.2. The summed E-state index contributed by atoms with van der Waals surface area (Å²) >= 11 is 0. The Balaban J connectivity index is 1.46. The summed E-state index contributed by atoms with van der Waals surface area (Å²) in [7, 11) is 0. The lowest BCUT2D eigenvalue weighted by Crippen LogP contribution is -2.34. The summed E-state index contributed by atoms with van der Waals surface area (Å²) in [5, 5.41) is 13.5. The number of piperidine rings is 1. The van der Waals surface area contributed by atoms with Gasteiger partial charge in [-0.25, -0.2) is 14.3 Å². The lowest BCUT2D eigenvalue weighted by atomic mass is 9.90. The van der Waals surface area contributed by atoms with Crippen LogP contribution in [0.1, 0.15) is 40.5 Å². The van der Waals surface area contributed by atoms with Crippen LogP contribution in [0.25, 0.3) is 5.78 Å². The van der Waals surface area contributed by atoms with Crippen molar-refractivity contribution < 1.29 is 9.90 Å². The van der Waals surface area contributed by atoms with Gasteiger partial charge in [0.15, 0.2) is 5.82 Å². The standard InChI is InChI=1S/C18H19N5O2/c24-17(25)14-6-4-13(5-7-14)15-3-1-9-22(11-15)12-16-20-18-19-8-2-10-23(18)21-16/h2,4-8,10,15H,1,3,9,11-12H2,(H,24,25). The van der Waals surface area contributed by atoms with Crippen molar-refractivity contribution in [3.8, 4) is 0 Å². The Hall–Kier alpha value is -2.80. The number of aromatic carboxylic acids is 1. The second-order valence-electron chi connectivity index (χ2n) is 6.39. The maximum Gasteiger partial charge on any atom is 0.335 e. The molecule has 0 radical (unpaired) electrons. The van der Waals surface area contributed by atoms with E-state index < -0.39 is 5.97 Å². The molecule has 0 spiro atoms. The van der Waals surface area contributed by atoms with Crippen LogP contribution in [0.3, 0.4) is 0 Å². The fraction of sp³-hybridized carbons (Fsp3) is 0.333. The molecule has 1 N–H and O–H groups in total. The fourth-order valence-electron chi connectivity index (χ4n) is 3.41. The van der Waals surface area contributed by atoms with Gasteiger partial charge < -0.3 is 5.11 Å². The van der Waals surface area contributed by atoms with Crippen LogP contribution in [0, 0.1) is 0 Å². The maximum absolute atomic E-state index is 11.0. The van der Waals surface area contributed by atoms with Gasteiger partial charge in [-0.1, -0.05) is 12.1 Å². The van der Waals surface area contributed by atoms with Crippen molar-refractivity contribution in [2.45, 2.75) is 25.3 Å². The van der Waals surface area contributed by atoms with E-state index in [4.69, 9.17) is 5.11 Å². The third-order valence-electron chi connectivity index (χ3n) is 4.66. The van der Waals surface area contributed by atoms with Crippen molar-refractivity contribution in [2.24, 2.45) is 0 Å². The molecule has 0 saturated carbocycles. The smallest absolute Gasteiger partial charge is 0.335 e. The maximum atomic E-state index is 11.0. The number of benzene rings is 1. The van der Waals surface area contributed by atoms with Crippen LogP contribution in [0.2, 0.25) is 0 Å². The molecule has 7 nitrogen and oxygen atoms in total. The molecule has 128 valence electrons. The van der Waals surface area contributed by atoms with Crippen LogP contribution < -0.4 is 0 Å². The van der Waals surface area contributed by atoms with Crippen molar-refractivity contribution in [1.29, 1.82) is 0 Å². The van der Waals surface area contributed by atoms with Crippen LogP contribution in [-0.2, 0) is 6.54 Å². The molecule has 1 aliphatic heterocycles. The Bertz CT molecular complexity index is 857. The van der Waals surface area contributed by atoms with Crippen molar-refractivity contribution in [1.82, 2.24) is 24.5 Å². The molecule has 0 bridgehead atoms. The van der Waals surface area contributed by atoms with E-state index in [1.807, 2.05) is 24.4 Å². The van der Waals surface area contributed by atoms with Gasteiger partial charge in [0.1, 0.15) is 0 Å². The number of hydrogen-bond donors (Lipinski definition) is 1. The first kappa shape index (κ1) is 15.7. The van der Waals surface area contributed by atoms with E-state index in [0.717, 1.165) is 31.8 Å². The molecule has 0 amide bonds. The number of carbonyl (C=O) groups is 1. The first-order valence-electron chi connectivity index (χ1n) is 8.41. The third-order valence-corrected chi connectivity index (χ3v) is 4.66. The summed E-state index contributed by atoms with van der Waals surface area (Å²) < 4.78 is 1.70. The minimum atomic E-state index is -0.886. The molecule has 1 atom stereocenters. The molecule has 1 aliphatic rings. The van der Waals surface area contributed by atoms with E-state index >= 15 is 0 Å². The van der Waals surface area contributed by atoms with E-state index in [2.05, 4.69) is 20.0 Å². The summed E-state index contributed by atoms with van der Waals surface area (Å²) in [5.74, 6) is 0.922. The van der Waals surface area contributed by atoms with E-state index in [-0.39, 0.29) is 0 Å². The predicted octanol–water partition coefficient (Wildman–Crippen LogP) is 2.20. The SMILES string of the molecule is O=C(O)c1ccc(C2CCCN(Cc3nc4ncccn4n3)C2)cc1. The molecule has 1 fully saturated rings. The molecule has 1 unspecified atom stereocenters. The Kier molecular flexibility index (Phi) is 4.15. The van der Waals surface area contributed by atoms with Crippen molar-refractivity contribution >= 4 is 11.7 Å². The summed E-state index contributed by atoms with van der Waals surface area (Å²) in [6.07, 6.45) is 5.79. The lowest BCUT2D eigenvalue weighted by Gasteiger charge is -2.32. The third kappa shape index (κ3) is 3.36. The Morgan fingerprint density at radius 1 is 1.28 bits per heavy atom. The zero-order valence-electron chi connectivity index (χ0n) is 13.7. The molecular weight excluding hydrogens is 318 g/mol. The number of nitrogens with zero attached hydrogens (tertiary/aromatic N) is 5. The van der Waals surface area contributed by atoms with Gasteiger partial charge in [0.05, 0.1) is 12.1 Å². The molecule has 1 aromatic carbocycles. The molecule has 7 heteroatoms. The van der Waals surface area contributed by atoms with Crippen LogP contribution in [-0.4, -0.2) is 48.6 Å². The van der Waals surface area contributed by atoms with Gasteiger partial charge in [0.25, 0.3) is 5.78 Å². The largest absolute Gasteiger partial charge is 0.478 e. The lowest BCUT2D eigenvalue weighted by molar-refractivity contribution is 0.0697. The van der Waals surface area contributed by atoms with Gasteiger partial charge in [-0.3, -0.25) is 4.90 Å². The quantitative estimate of drug-likeness (QED) is 0.786. The van der Waals surface area contributed by atoms with Crippen molar-refractivity contribution in [2.75, 3.05) is 13.1 Å². The number of carboxylic acids is 1. The van der Waals surface area contributed by atoms with E-state index in [1.54, 1.807) is 22.8 Å². The number of likely N-dealkylation sites (tertiary alicyclic amines) is 1. The number of aromatic nitrogens is 4. The summed E-state index contributed by atoms with van der Waals surface area (Å²) in [6, 6.07) is 9.08. The molecule has 0 aliphatic carbocycles. The predicted molar refractivity (Wildman–Crippen MR) is 91.4 cm³/mol. The second-order valence-corrected chi connectivity index (χ2v) is 6.39. The van der Waals surface area contributed by atoms with Crippen LogP contribution >= 0.6 is 0 Å². The first-order valence-corrected chi connectivity index (χ1v) is 8.41. The minimum absolute atomic E-state index is 0.331. The highest BCUT2D eigenvalue weighted by Crippen LogP contribution is 2.27.